The van der Waals surface area contributed by atoms with Gasteiger partial charge in [0.15, 0.2) is 0 Å². The third kappa shape index (κ3) is 5.12. The molecule has 1 amide bonds. The maximum Gasteiger partial charge on any atom is 0.428 e. The lowest BCUT2D eigenvalue weighted by molar-refractivity contribution is 0.0529. The van der Waals surface area contributed by atoms with E-state index in [2.05, 4.69) is 10.5 Å². The summed E-state index contributed by atoms with van der Waals surface area (Å²) in [5.41, 5.74) is 3.07. The molecule has 0 aliphatic carbocycles. The number of hydrogen-bond acceptors (Lipinski definition) is 4. The van der Waals surface area contributed by atoms with Crippen LogP contribution in [-0.2, 0) is 4.74 Å². The first-order valence-electron chi connectivity index (χ1n) is 5.43. The summed E-state index contributed by atoms with van der Waals surface area (Å²) in [7, 11) is 0. The molecule has 1 aromatic carbocycles. The number of nitrogens with zero attached hydrogens (tertiary/aromatic N) is 2. The highest BCUT2D eigenvalue weighted by atomic mass is 16.6. The van der Waals surface area contributed by atoms with Gasteiger partial charge in [-0.15, -0.1) is 0 Å². The summed E-state index contributed by atoms with van der Waals surface area (Å²) < 4.78 is 5.01. The molecule has 0 aromatic heterocycles. The van der Waals surface area contributed by atoms with Gasteiger partial charge in [0.25, 0.3) is 0 Å². The van der Waals surface area contributed by atoms with Crippen molar-refractivity contribution in [3.63, 3.8) is 0 Å². The number of amides is 1. The summed E-state index contributed by atoms with van der Waals surface area (Å²) in [6.45, 7) is 5.32. The van der Waals surface area contributed by atoms with Crippen LogP contribution in [0, 0.1) is 11.3 Å². The van der Waals surface area contributed by atoms with Crippen molar-refractivity contribution in [3.05, 3.63) is 35.4 Å². The van der Waals surface area contributed by atoms with Gasteiger partial charge in [-0.05, 0) is 38.5 Å². The van der Waals surface area contributed by atoms with Gasteiger partial charge >= 0.3 is 6.09 Å². The Morgan fingerprint density at radius 2 is 2.00 bits per heavy atom. The first-order valence-corrected chi connectivity index (χ1v) is 5.43. The van der Waals surface area contributed by atoms with E-state index in [0.717, 1.165) is 5.56 Å². The number of nitrogens with one attached hydrogen (secondary N) is 1. The van der Waals surface area contributed by atoms with Crippen molar-refractivity contribution in [3.8, 4) is 6.07 Å². The molecule has 0 fully saturated rings. The van der Waals surface area contributed by atoms with Crippen LogP contribution in [0.3, 0.4) is 0 Å². The van der Waals surface area contributed by atoms with Crippen LogP contribution in [0.25, 0.3) is 0 Å². The van der Waals surface area contributed by atoms with Gasteiger partial charge in [-0.3, -0.25) is 0 Å². The Balaban J connectivity index is 2.50. The fourth-order valence-electron chi connectivity index (χ4n) is 1.10. The second kappa shape index (κ2) is 5.82. The zero-order valence-corrected chi connectivity index (χ0v) is 10.6. The smallest absolute Gasteiger partial charge is 0.428 e. The Labute approximate surface area is 106 Å². The highest BCUT2D eigenvalue weighted by Gasteiger charge is 2.15. The van der Waals surface area contributed by atoms with Gasteiger partial charge in [0.1, 0.15) is 5.60 Å². The number of hydrazone groups is 1. The molecule has 0 bridgehead atoms. The molecule has 0 aliphatic heterocycles. The van der Waals surface area contributed by atoms with E-state index in [1.54, 1.807) is 45.0 Å². The van der Waals surface area contributed by atoms with Crippen molar-refractivity contribution in [1.82, 2.24) is 5.43 Å². The second-order valence-corrected chi connectivity index (χ2v) is 4.61. The SMILES string of the molecule is CC(C)(C)OC(=O)NN=Cc1ccc(C#N)cc1. The standard InChI is InChI=1S/C13H15N3O2/c1-13(2,3)18-12(17)16-15-9-11-6-4-10(8-14)5-7-11/h4-7,9H,1-3H3,(H,16,17). The summed E-state index contributed by atoms with van der Waals surface area (Å²) >= 11 is 0. The Morgan fingerprint density at radius 1 is 1.39 bits per heavy atom. The monoisotopic (exact) mass is 245 g/mol. The Morgan fingerprint density at radius 3 is 2.50 bits per heavy atom. The quantitative estimate of drug-likeness (QED) is 0.642. The molecule has 0 saturated carbocycles. The molecule has 1 aromatic rings. The number of ether oxygens (including phenoxy) is 1. The number of carbonyl (C=O) groups excluding carboxylic acids is 1. The van der Waals surface area contributed by atoms with Crippen LogP contribution in [-0.4, -0.2) is 17.9 Å². The van der Waals surface area contributed by atoms with Crippen LogP contribution in [0.15, 0.2) is 29.4 Å². The molecule has 1 N–H and O–H groups in total. The van der Waals surface area contributed by atoms with Crippen LogP contribution in [0.1, 0.15) is 31.9 Å². The van der Waals surface area contributed by atoms with E-state index in [-0.39, 0.29) is 0 Å². The van der Waals surface area contributed by atoms with Crippen LogP contribution >= 0.6 is 0 Å². The summed E-state index contributed by atoms with van der Waals surface area (Å²) in [4.78, 5) is 11.3. The molecule has 0 unspecified atom stereocenters. The predicted molar refractivity (Wildman–Crippen MR) is 68.1 cm³/mol. The fraction of sp³-hybridized carbons (Fsp3) is 0.308. The van der Waals surface area contributed by atoms with Crippen LogP contribution in [0.4, 0.5) is 4.79 Å². The summed E-state index contributed by atoms with van der Waals surface area (Å²) in [6.07, 6.45) is 0.873. The molecule has 0 aliphatic rings. The minimum absolute atomic E-state index is 0.548. The van der Waals surface area contributed by atoms with Crippen molar-refractivity contribution >= 4 is 12.3 Å². The first-order chi connectivity index (χ1) is 8.40. The fourth-order valence-corrected chi connectivity index (χ4v) is 1.10. The molecular formula is C13H15N3O2. The van der Waals surface area contributed by atoms with Crippen molar-refractivity contribution in [2.24, 2.45) is 5.10 Å². The van der Waals surface area contributed by atoms with Gasteiger partial charge in [-0.2, -0.15) is 10.4 Å². The summed E-state index contributed by atoms with van der Waals surface area (Å²) in [5.74, 6) is 0. The van der Waals surface area contributed by atoms with Gasteiger partial charge in [0.05, 0.1) is 17.8 Å². The molecule has 0 spiro atoms. The Hall–Kier alpha value is -2.35. The number of hydrogen-bond donors (Lipinski definition) is 1. The number of nitriles is 1. The average molecular weight is 245 g/mol. The zero-order valence-electron chi connectivity index (χ0n) is 10.6. The van der Waals surface area contributed by atoms with Gasteiger partial charge in [-0.25, -0.2) is 10.2 Å². The number of carbonyl (C=O) groups is 1. The zero-order chi connectivity index (χ0) is 13.6. The third-order valence-electron chi connectivity index (χ3n) is 1.81. The van der Waals surface area contributed by atoms with Crippen LogP contribution < -0.4 is 5.43 Å². The van der Waals surface area contributed by atoms with Crippen molar-refractivity contribution in [2.75, 3.05) is 0 Å². The van der Waals surface area contributed by atoms with Gasteiger partial charge in [0.2, 0.25) is 0 Å². The normalized spacial score (nSPS) is 11.0. The molecule has 0 atom stereocenters. The van der Waals surface area contributed by atoms with Crippen molar-refractivity contribution in [2.45, 2.75) is 26.4 Å². The lowest BCUT2D eigenvalue weighted by Gasteiger charge is -2.18. The minimum Gasteiger partial charge on any atom is -0.443 e. The number of rotatable bonds is 2. The third-order valence-corrected chi connectivity index (χ3v) is 1.81. The van der Waals surface area contributed by atoms with Crippen LogP contribution in [0.5, 0.6) is 0 Å². The van der Waals surface area contributed by atoms with Gasteiger partial charge in [-0.1, -0.05) is 12.1 Å². The van der Waals surface area contributed by atoms with Gasteiger partial charge < -0.3 is 4.74 Å². The highest BCUT2D eigenvalue weighted by Crippen LogP contribution is 2.06. The minimum atomic E-state index is -0.604. The van der Waals surface area contributed by atoms with Crippen LogP contribution in [0.2, 0.25) is 0 Å². The lowest BCUT2D eigenvalue weighted by Crippen LogP contribution is -2.29. The summed E-state index contributed by atoms with van der Waals surface area (Å²) in [6, 6.07) is 8.84. The Kier molecular flexibility index (Phi) is 4.44. The molecule has 0 heterocycles. The highest BCUT2D eigenvalue weighted by molar-refractivity contribution is 5.81. The van der Waals surface area contributed by atoms with E-state index < -0.39 is 11.7 Å². The Bertz CT molecular complexity index is 478. The second-order valence-electron chi connectivity index (χ2n) is 4.61. The van der Waals surface area contributed by atoms with E-state index in [4.69, 9.17) is 10.00 Å². The summed E-state index contributed by atoms with van der Waals surface area (Å²) in [5, 5.41) is 12.4. The average Bonchev–Trinajstić information content (AvgIpc) is 2.27. The topological polar surface area (TPSA) is 74.5 Å². The molecule has 0 radical (unpaired) electrons. The molecule has 1 rings (SSSR count). The van der Waals surface area contributed by atoms with E-state index in [9.17, 15) is 4.79 Å². The maximum atomic E-state index is 11.3. The van der Waals surface area contributed by atoms with E-state index in [1.165, 1.54) is 6.21 Å². The predicted octanol–water partition coefficient (Wildman–Crippen LogP) is 2.42. The molecule has 18 heavy (non-hydrogen) atoms. The molecule has 94 valence electrons. The van der Waals surface area contributed by atoms with E-state index in [1.807, 2.05) is 6.07 Å². The lowest BCUT2D eigenvalue weighted by atomic mass is 10.2. The molecule has 5 nitrogen and oxygen atoms in total. The largest absolute Gasteiger partial charge is 0.443 e. The molecular weight excluding hydrogens is 230 g/mol. The molecule has 0 saturated heterocycles. The van der Waals surface area contributed by atoms with E-state index in [0.29, 0.717) is 5.56 Å². The molecule has 5 heteroatoms. The first kappa shape index (κ1) is 13.7. The number of benzene rings is 1. The van der Waals surface area contributed by atoms with Gasteiger partial charge in [0, 0.05) is 0 Å². The van der Waals surface area contributed by atoms with Crippen molar-refractivity contribution in [1.29, 1.82) is 5.26 Å². The van der Waals surface area contributed by atoms with Crippen molar-refractivity contribution < 1.29 is 9.53 Å². The van der Waals surface area contributed by atoms with E-state index >= 15 is 0 Å². The maximum absolute atomic E-state index is 11.3.